The zero-order valence-electron chi connectivity index (χ0n) is 10.4. The molecule has 2 atom stereocenters. The number of rotatable bonds is 5. The molecule has 2 rings (SSSR count). The van der Waals surface area contributed by atoms with Crippen molar-refractivity contribution in [2.45, 2.75) is 31.4 Å². The second kappa shape index (κ2) is 6.58. The SMILES string of the molecule is COC1CCCC1NCC=Cc1ccccc1. The fourth-order valence-electron chi connectivity index (χ4n) is 2.42. The maximum Gasteiger partial charge on any atom is 0.0724 e. The van der Waals surface area contributed by atoms with Gasteiger partial charge < -0.3 is 10.1 Å². The lowest BCUT2D eigenvalue weighted by Crippen LogP contribution is -2.36. The molecule has 0 spiro atoms. The molecule has 0 bridgehead atoms. The quantitative estimate of drug-likeness (QED) is 0.841. The van der Waals surface area contributed by atoms with Gasteiger partial charge in [0.1, 0.15) is 0 Å². The largest absolute Gasteiger partial charge is 0.380 e. The van der Waals surface area contributed by atoms with E-state index in [0.717, 1.165) is 6.54 Å². The summed E-state index contributed by atoms with van der Waals surface area (Å²) in [7, 11) is 1.81. The standard InChI is InChI=1S/C15H21NO/c1-17-15-11-5-10-14(15)16-12-6-9-13-7-3-2-4-8-13/h2-4,6-9,14-16H,5,10-12H2,1H3. The molecular formula is C15H21NO. The summed E-state index contributed by atoms with van der Waals surface area (Å²) in [5.74, 6) is 0. The molecule has 2 unspecified atom stereocenters. The van der Waals surface area contributed by atoms with Gasteiger partial charge >= 0.3 is 0 Å². The first kappa shape index (κ1) is 12.3. The lowest BCUT2D eigenvalue weighted by molar-refractivity contribution is 0.0864. The zero-order chi connectivity index (χ0) is 11.9. The van der Waals surface area contributed by atoms with Crippen LogP contribution in [0.5, 0.6) is 0 Å². The molecule has 17 heavy (non-hydrogen) atoms. The Morgan fingerprint density at radius 1 is 1.29 bits per heavy atom. The van der Waals surface area contributed by atoms with E-state index in [0.29, 0.717) is 12.1 Å². The van der Waals surface area contributed by atoms with Crippen molar-refractivity contribution in [2.75, 3.05) is 13.7 Å². The highest BCUT2D eigenvalue weighted by Gasteiger charge is 2.25. The van der Waals surface area contributed by atoms with Crippen LogP contribution in [0.2, 0.25) is 0 Å². The van der Waals surface area contributed by atoms with Gasteiger partial charge in [0.2, 0.25) is 0 Å². The summed E-state index contributed by atoms with van der Waals surface area (Å²) in [4.78, 5) is 0. The Morgan fingerprint density at radius 2 is 2.12 bits per heavy atom. The molecule has 2 heteroatoms. The van der Waals surface area contributed by atoms with Crippen molar-refractivity contribution < 1.29 is 4.74 Å². The monoisotopic (exact) mass is 231 g/mol. The maximum atomic E-state index is 5.45. The lowest BCUT2D eigenvalue weighted by Gasteiger charge is -2.18. The van der Waals surface area contributed by atoms with E-state index in [1.165, 1.54) is 24.8 Å². The van der Waals surface area contributed by atoms with Crippen LogP contribution in [0.15, 0.2) is 36.4 Å². The number of nitrogens with one attached hydrogen (secondary N) is 1. The first-order valence-corrected chi connectivity index (χ1v) is 6.38. The molecule has 0 saturated heterocycles. The molecule has 1 fully saturated rings. The summed E-state index contributed by atoms with van der Waals surface area (Å²) in [6, 6.07) is 10.9. The number of ether oxygens (including phenoxy) is 1. The number of hydrogen-bond acceptors (Lipinski definition) is 2. The van der Waals surface area contributed by atoms with Gasteiger partial charge in [-0.2, -0.15) is 0 Å². The molecule has 1 aromatic carbocycles. The van der Waals surface area contributed by atoms with Gasteiger partial charge in [-0.05, 0) is 24.8 Å². The molecule has 2 nitrogen and oxygen atoms in total. The zero-order valence-corrected chi connectivity index (χ0v) is 10.4. The van der Waals surface area contributed by atoms with Crippen LogP contribution in [0.1, 0.15) is 24.8 Å². The van der Waals surface area contributed by atoms with Crippen molar-refractivity contribution in [2.24, 2.45) is 0 Å². The molecule has 0 aliphatic heterocycles. The maximum absolute atomic E-state index is 5.45. The Balaban J connectivity index is 1.74. The van der Waals surface area contributed by atoms with Crippen LogP contribution in [-0.2, 0) is 4.74 Å². The second-order valence-corrected chi connectivity index (χ2v) is 4.53. The Labute approximate surface area is 104 Å². The lowest BCUT2D eigenvalue weighted by atomic mass is 10.2. The first-order chi connectivity index (χ1) is 8.40. The van der Waals surface area contributed by atoms with Crippen LogP contribution < -0.4 is 5.32 Å². The first-order valence-electron chi connectivity index (χ1n) is 6.38. The van der Waals surface area contributed by atoms with Crippen molar-refractivity contribution >= 4 is 6.08 Å². The molecular weight excluding hydrogens is 210 g/mol. The third kappa shape index (κ3) is 3.69. The number of methoxy groups -OCH3 is 1. The Kier molecular flexibility index (Phi) is 4.77. The van der Waals surface area contributed by atoms with E-state index in [9.17, 15) is 0 Å². The van der Waals surface area contributed by atoms with Gasteiger partial charge in [-0.15, -0.1) is 0 Å². The average Bonchev–Trinajstić information content (AvgIpc) is 2.83. The highest BCUT2D eigenvalue weighted by atomic mass is 16.5. The summed E-state index contributed by atoms with van der Waals surface area (Å²) >= 11 is 0. The molecule has 0 aromatic heterocycles. The average molecular weight is 231 g/mol. The van der Waals surface area contributed by atoms with Gasteiger partial charge in [0.05, 0.1) is 6.10 Å². The van der Waals surface area contributed by atoms with Crippen LogP contribution >= 0.6 is 0 Å². The molecule has 0 amide bonds. The number of benzene rings is 1. The predicted octanol–water partition coefficient (Wildman–Crippen LogP) is 2.86. The van der Waals surface area contributed by atoms with Crippen LogP contribution in [0.25, 0.3) is 6.08 Å². The van der Waals surface area contributed by atoms with Gasteiger partial charge in [0.15, 0.2) is 0 Å². The van der Waals surface area contributed by atoms with Gasteiger partial charge in [-0.3, -0.25) is 0 Å². The fourth-order valence-corrected chi connectivity index (χ4v) is 2.42. The van der Waals surface area contributed by atoms with Gasteiger partial charge in [0.25, 0.3) is 0 Å². The second-order valence-electron chi connectivity index (χ2n) is 4.53. The minimum atomic E-state index is 0.403. The Bertz CT molecular complexity index is 347. The van der Waals surface area contributed by atoms with Crippen LogP contribution in [0, 0.1) is 0 Å². The molecule has 0 heterocycles. The topological polar surface area (TPSA) is 21.3 Å². The Morgan fingerprint density at radius 3 is 2.88 bits per heavy atom. The van der Waals surface area contributed by atoms with Gasteiger partial charge in [-0.25, -0.2) is 0 Å². The van der Waals surface area contributed by atoms with E-state index in [-0.39, 0.29) is 0 Å². The summed E-state index contributed by atoms with van der Waals surface area (Å²) in [6.07, 6.45) is 8.44. The van der Waals surface area contributed by atoms with Crippen molar-refractivity contribution in [3.8, 4) is 0 Å². The van der Waals surface area contributed by atoms with Crippen molar-refractivity contribution in [1.29, 1.82) is 0 Å². The third-order valence-corrected chi connectivity index (χ3v) is 3.36. The predicted molar refractivity (Wildman–Crippen MR) is 71.9 cm³/mol. The fraction of sp³-hybridized carbons (Fsp3) is 0.467. The van der Waals surface area contributed by atoms with Gasteiger partial charge in [0, 0.05) is 19.7 Å². The van der Waals surface area contributed by atoms with E-state index in [2.05, 4.69) is 41.7 Å². The molecule has 1 aliphatic rings. The Hall–Kier alpha value is -1.12. The highest BCUT2D eigenvalue weighted by molar-refractivity contribution is 5.48. The summed E-state index contributed by atoms with van der Waals surface area (Å²) < 4.78 is 5.45. The van der Waals surface area contributed by atoms with E-state index in [1.807, 2.05) is 13.2 Å². The molecule has 1 N–H and O–H groups in total. The van der Waals surface area contributed by atoms with Crippen LogP contribution in [0.4, 0.5) is 0 Å². The van der Waals surface area contributed by atoms with Crippen molar-refractivity contribution in [1.82, 2.24) is 5.32 Å². The van der Waals surface area contributed by atoms with Crippen LogP contribution in [-0.4, -0.2) is 25.8 Å². The normalized spacial score (nSPS) is 24.5. The van der Waals surface area contributed by atoms with E-state index in [1.54, 1.807) is 0 Å². The molecule has 92 valence electrons. The summed E-state index contributed by atoms with van der Waals surface area (Å²) in [6.45, 7) is 0.916. The number of hydrogen-bond donors (Lipinski definition) is 1. The highest BCUT2D eigenvalue weighted by Crippen LogP contribution is 2.21. The van der Waals surface area contributed by atoms with E-state index >= 15 is 0 Å². The van der Waals surface area contributed by atoms with Crippen molar-refractivity contribution in [3.63, 3.8) is 0 Å². The van der Waals surface area contributed by atoms with E-state index < -0.39 is 0 Å². The van der Waals surface area contributed by atoms with Crippen LogP contribution in [0.3, 0.4) is 0 Å². The van der Waals surface area contributed by atoms with Gasteiger partial charge in [-0.1, -0.05) is 42.5 Å². The van der Waals surface area contributed by atoms with Crippen molar-refractivity contribution in [3.05, 3.63) is 42.0 Å². The summed E-state index contributed by atoms with van der Waals surface area (Å²) in [5.41, 5.74) is 1.25. The third-order valence-electron chi connectivity index (χ3n) is 3.36. The molecule has 0 radical (unpaired) electrons. The minimum absolute atomic E-state index is 0.403. The summed E-state index contributed by atoms with van der Waals surface area (Å²) in [5, 5.41) is 3.54. The molecule has 1 aliphatic carbocycles. The van der Waals surface area contributed by atoms with E-state index in [4.69, 9.17) is 4.74 Å². The smallest absolute Gasteiger partial charge is 0.0724 e. The minimum Gasteiger partial charge on any atom is -0.380 e. The molecule has 1 saturated carbocycles. The molecule has 1 aromatic rings.